The van der Waals surface area contributed by atoms with Gasteiger partial charge >= 0.3 is 12.1 Å². The van der Waals surface area contributed by atoms with E-state index < -0.39 is 5.60 Å². The van der Waals surface area contributed by atoms with Crippen LogP contribution in [0.4, 0.5) is 4.79 Å². The summed E-state index contributed by atoms with van der Waals surface area (Å²) in [4.78, 5) is 27.0. The largest absolute Gasteiger partial charge is 0.457 e. The van der Waals surface area contributed by atoms with Crippen molar-refractivity contribution in [3.05, 3.63) is 35.9 Å². The lowest BCUT2D eigenvalue weighted by atomic mass is 10.0. The maximum absolute atomic E-state index is 12.6. The van der Waals surface area contributed by atoms with E-state index in [1.54, 1.807) is 17.0 Å². The summed E-state index contributed by atoms with van der Waals surface area (Å²) in [5, 5.41) is 0. The van der Waals surface area contributed by atoms with E-state index in [2.05, 4.69) is 6.92 Å². The molecule has 5 heteroatoms. The van der Waals surface area contributed by atoms with Crippen molar-refractivity contribution >= 4 is 12.1 Å². The summed E-state index contributed by atoms with van der Waals surface area (Å²) in [5.41, 5.74) is 0.00245. The summed E-state index contributed by atoms with van der Waals surface area (Å²) >= 11 is 0. The fourth-order valence-electron chi connectivity index (χ4n) is 3.43. The van der Waals surface area contributed by atoms with Crippen LogP contribution >= 0.6 is 0 Å². The van der Waals surface area contributed by atoms with E-state index in [9.17, 15) is 9.59 Å². The molecule has 1 fully saturated rings. The lowest BCUT2D eigenvalue weighted by Gasteiger charge is -2.33. The Morgan fingerprint density at radius 3 is 2.52 bits per heavy atom. The second-order valence-electron chi connectivity index (χ2n) is 8.19. The molecule has 1 heterocycles. The molecule has 0 radical (unpaired) electrons. The molecule has 1 amide bonds. The van der Waals surface area contributed by atoms with Crippen LogP contribution in [0.3, 0.4) is 0 Å². The van der Waals surface area contributed by atoms with Crippen LogP contribution < -0.4 is 0 Å². The molecule has 0 aliphatic carbocycles. The van der Waals surface area contributed by atoms with Gasteiger partial charge in [0.15, 0.2) is 0 Å². The Hall–Kier alpha value is -2.04. The van der Waals surface area contributed by atoms with Gasteiger partial charge in [0.25, 0.3) is 0 Å². The van der Waals surface area contributed by atoms with E-state index in [0.29, 0.717) is 12.1 Å². The number of carbonyl (C=O) groups excluding carboxylic acids is 2. The molecule has 0 aromatic heterocycles. The van der Waals surface area contributed by atoms with Crippen LogP contribution in [-0.2, 0) is 9.47 Å². The lowest BCUT2D eigenvalue weighted by molar-refractivity contribution is -0.0134. The Kier molecular flexibility index (Phi) is 7.69. The first-order valence-electron chi connectivity index (χ1n) is 10.1. The molecule has 1 aliphatic heterocycles. The molecule has 0 N–H and O–H groups in total. The third-order valence-electron chi connectivity index (χ3n) is 4.72. The summed E-state index contributed by atoms with van der Waals surface area (Å²) in [6.07, 6.45) is 5.02. The van der Waals surface area contributed by atoms with Gasteiger partial charge in [-0.25, -0.2) is 9.59 Å². The number of nitrogens with zero attached hydrogens (tertiary/aromatic N) is 1. The van der Waals surface area contributed by atoms with Gasteiger partial charge in [-0.15, -0.1) is 0 Å². The van der Waals surface area contributed by atoms with Crippen molar-refractivity contribution < 1.29 is 19.1 Å². The first kappa shape index (κ1) is 21.3. The van der Waals surface area contributed by atoms with Crippen molar-refractivity contribution in [2.75, 3.05) is 6.54 Å². The summed E-state index contributed by atoms with van der Waals surface area (Å²) in [6, 6.07) is 8.91. The summed E-state index contributed by atoms with van der Waals surface area (Å²) in [6.45, 7) is 8.39. The number of benzene rings is 1. The average Bonchev–Trinajstić information content (AvgIpc) is 3.10. The minimum Gasteiger partial charge on any atom is -0.457 e. The zero-order valence-corrected chi connectivity index (χ0v) is 17.1. The van der Waals surface area contributed by atoms with Crippen molar-refractivity contribution in [1.29, 1.82) is 0 Å². The van der Waals surface area contributed by atoms with Crippen molar-refractivity contribution in [3.8, 4) is 0 Å². The van der Waals surface area contributed by atoms with Gasteiger partial charge < -0.3 is 14.4 Å². The van der Waals surface area contributed by atoms with Crippen LogP contribution in [-0.4, -0.2) is 41.3 Å². The molecule has 1 saturated heterocycles. The van der Waals surface area contributed by atoms with E-state index in [0.717, 1.165) is 38.5 Å². The zero-order valence-electron chi connectivity index (χ0n) is 17.1. The number of hydrogen-bond acceptors (Lipinski definition) is 4. The number of hydrogen-bond donors (Lipinski definition) is 0. The van der Waals surface area contributed by atoms with Crippen LogP contribution in [0.1, 0.15) is 76.6 Å². The second-order valence-corrected chi connectivity index (χ2v) is 8.19. The predicted molar refractivity (Wildman–Crippen MR) is 106 cm³/mol. The van der Waals surface area contributed by atoms with Crippen LogP contribution in [0.15, 0.2) is 30.3 Å². The minimum absolute atomic E-state index is 0.121. The third-order valence-corrected chi connectivity index (χ3v) is 4.72. The van der Waals surface area contributed by atoms with E-state index in [4.69, 9.17) is 9.47 Å². The Bertz CT molecular complexity index is 608. The van der Waals surface area contributed by atoms with Gasteiger partial charge in [-0.05, 0) is 58.6 Å². The van der Waals surface area contributed by atoms with Crippen LogP contribution in [0, 0.1) is 0 Å². The molecule has 27 heavy (non-hydrogen) atoms. The van der Waals surface area contributed by atoms with Crippen molar-refractivity contribution in [2.45, 2.75) is 84.0 Å². The molecular formula is C22H33NO4. The third kappa shape index (κ3) is 6.56. The summed E-state index contributed by atoms with van der Waals surface area (Å²) in [5.74, 6) is -0.326. The molecule has 0 unspecified atom stereocenters. The van der Waals surface area contributed by atoms with Crippen molar-refractivity contribution in [2.24, 2.45) is 0 Å². The minimum atomic E-state index is -0.539. The topological polar surface area (TPSA) is 55.8 Å². The number of rotatable bonds is 7. The highest BCUT2D eigenvalue weighted by Gasteiger charge is 2.38. The molecule has 1 aliphatic rings. The Morgan fingerprint density at radius 2 is 1.89 bits per heavy atom. The van der Waals surface area contributed by atoms with E-state index in [1.165, 1.54) is 0 Å². The van der Waals surface area contributed by atoms with E-state index >= 15 is 0 Å². The Balaban J connectivity index is 2.11. The fourth-order valence-corrected chi connectivity index (χ4v) is 3.43. The molecule has 0 spiro atoms. The standard InChI is InChI=1S/C22H33NO4/c1-5-6-8-15-19(26-20(24)17-12-9-7-10-13-17)18-14-11-16-23(18)21(25)27-22(2,3)4/h7,9-10,12-13,18-19H,5-6,8,11,14-16H2,1-4H3/t18-,19-/m1/s1. The predicted octanol–water partition coefficient (Wildman–Crippen LogP) is 5.19. The quantitative estimate of drug-likeness (QED) is 0.486. The number of ether oxygens (including phenoxy) is 2. The Labute approximate surface area is 163 Å². The monoisotopic (exact) mass is 375 g/mol. The first-order chi connectivity index (χ1) is 12.8. The van der Waals surface area contributed by atoms with E-state index in [1.807, 2.05) is 39.0 Å². The maximum Gasteiger partial charge on any atom is 0.410 e. The molecule has 2 atom stereocenters. The fraction of sp³-hybridized carbons (Fsp3) is 0.636. The summed E-state index contributed by atoms with van der Waals surface area (Å²) < 4.78 is 11.5. The molecule has 1 aromatic rings. The number of amides is 1. The van der Waals surface area contributed by atoms with Crippen molar-refractivity contribution in [1.82, 2.24) is 4.90 Å². The van der Waals surface area contributed by atoms with Gasteiger partial charge in [0.05, 0.1) is 11.6 Å². The van der Waals surface area contributed by atoms with Crippen LogP contribution in [0.25, 0.3) is 0 Å². The van der Waals surface area contributed by atoms with Gasteiger partial charge in [0.1, 0.15) is 11.7 Å². The van der Waals surface area contributed by atoms with Gasteiger partial charge in [0, 0.05) is 6.54 Å². The van der Waals surface area contributed by atoms with Gasteiger partial charge in [-0.2, -0.15) is 0 Å². The molecule has 1 aromatic carbocycles. The molecule has 0 saturated carbocycles. The summed E-state index contributed by atoms with van der Waals surface area (Å²) in [7, 11) is 0. The zero-order chi connectivity index (χ0) is 19.9. The molecule has 0 bridgehead atoms. The van der Waals surface area contributed by atoms with Gasteiger partial charge in [-0.3, -0.25) is 0 Å². The first-order valence-corrected chi connectivity index (χ1v) is 10.1. The average molecular weight is 376 g/mol. The maximum atomic E-state index is 12.6. The molecule has 2 rings (SSSR count). The lowest BCUT2D eigenvalue weighted by Crippen LogP contribution is -2.46. The number of unbranched alkanes of at least 4 members (excludes halogenated alkanes) is 2. The number of esters is 1. The van der Waals surface area contributed by atoms with Crippen LogP contribution in [0.5, 0.6) is 0 Å². The van der Waals surface area contributed by atoms with Gasteiger partial charge in [0.2, 0.25) is 0 Å². The van der Waals surface area contributed by atoms with Gasteiger partial charge in [-0.1, -0.05) is 38.0 Å². The SMILES string of the molecule is CCCCC[C@@H](OC(=O)c1ccccc1)[C@H]1CCCN1C(=O)OC(C)(C)C. The number of carbonyl (C=O) groups is 2. The van der Waals surface area contributed by atoms with E-state index in [-0.39, 0.29) is 24.2 Å². The highest BCUT2D eigenvalue weighted by Crippen LogP contribution is 2.28. The highest BCUT2D eigenvalue weighted by molar-refractivity contribution is 5.89. The normalized spacial score (nSPS) is 18.2. The molecule has 150 valence electrons. The Morgan fingerprint density at radius 1 is 1.19 bits per heavy atom. The van der Waals surface area contributed by atoms with Crippen LogP contribution in [0.2, 0.25) is 0 Å². The smallest absolute Gasteiger partial charge is 0.410 e. The van der Waals surface area contributed by atoms with Crippen molar-refractivity contribution in [3.63, 3.8) is 0 Å². The number of likely N-dealkylation sites (tertiary alicyclic amines) is 1. The molecule has 5 nitrogen and oxygen atoms in total. The molecular weight excluding hydrogens is 342 g/mol. The highest BCUT2D eigenvalue weighted by atomic mass is 16.6. The second kappa shape index (κ2) is 9.77.